The van der Waals surface area contributed by atoms with Gasteiger partial charge in [0.15, 0.2) is 5.12 Å². The lowest BCUT2D eigenvalue weighted by Crippen LogP contribution is -2.69. The van der Waals surface area contributed by atoms with Gasteiger partial charge in [-0.3, -0.25) is 24.1 Å². The number of benzene rings is 1. The summed E-state index contributed by atoms with van der Waals surface area (Å²) in [6.07, 6.45) is 0. The molecule has 1 aromatic carbocycles. The molecule has 2 atom stereocenters. The quantitative estimate of drug-likeness (QED) is 0.629. The highest BCUT2D eigenvalue weighted by Gasteiger charge is 2.52. The van der Waals surface area contributed by atoms with Crippen LogP contribution < -0.4 is 5.32 Å². The number of carbonyl (C=O) groups excluding carboxylic acids is 4. The number of nitrogens with zero attached hydrogens (tertiary/aromatic N) is 1. The van der Waals surface area contributed by atoms with Gasteiger partial charge in [-0.1, -0.05) is 23.9 Å². The second kappa shape index (κ2) is 4.45. The highest BCUT2D eigenvalue weighted by atomic mass is 32.2. The molecular formula is C13H10N2O4S. The van der Waals surface area contributed by atoms with Gasteiger partial charge in [0.1, 0.15) is 11.4 Å². The molecule has 2 heterocycles. The van der Waals surface area contributed by atoms with Gasteiger partial charge in [-0.15, -0.1) is 0 Å². The zero-order chi connectivity index (χ0) is 14.4. The maximum absolute atomic E-state index is 12.2. The first-order valence-corrected chi connectivity index (χ1v) is 6.83. The summed E-state index contributed by atoms with van der Waals surface area (Å²) in [6, 6.07) is 5.52. The van der Waals surface area contributed by atoms with Gasteiger partial charge in [0.25, 0.3) is 11.8 Å². The number of hydrogen-bond donors (Lipinski definition) is 1. The summed E-state index contributed by atoms with van der Waals surface area (Å²) in [7, 11) is 0. The SMILES string of the molecule is CC(=O)SC1NC(=O)C1N1C(=O)c2ccccc2C1=O. The zero-order valence-electron chi connectivity index (χ0n) is 10.5. The van der Waals surface area contributed by atoms with E-state index in [4.69, 9.17) is 0 Å². The van der Waals surface area contributed by atoms with Gasteiger partial charge >= 0.3 is 0 Å². The van der Waals surface area contributed by atoms with Crippen molar-refractivity contribution in [1.29, 1.82) is 0 Å². The van der Waals surface area contributed by atoms with Gasteiger partial charge in [-0.25, -0.2) is 0 Å². The van der Waals surface area contributed by atoms with Crippen molar-refractivity contribution in [3.05, 3.63) is 35.4 Å². The Morgan fingerprint density at radius 3 is 2.15 bits per heavy atom. The standard InChI is InChI=1S/C13H10N2O4S/c1-6(16)20-11-9(10(17)14-11)15-12(18)7-4-2-3-5-8(7)13(15)19/h2-5,9,11H,1H3,(H,14,17). The van der Waals surface area contributed by atoms with Crippen LogP contribution in [0.2, 0.25) is 0 Å². The fraction of sp³-hybridized carbons (Fsp3) is 0.231. The van der Waals surface area contributed by atoms with Crippen LogP contribution in [0, 0.1) is 0 Å². The number of amides is 3. The van der Waals surface area contributed by atoms with Crippen molar-refractivity contribution in [2.24, 2.45) is 0 Å². The number of fused-ring (bicyclic) bond motifs is 1. The highest BCUT2D eigenvalue weighted by Crippen LogP contribution is 2.31. The van der Waals surface area contributed by atoms with Crippen molar-refractivity contribution in [2.45, 2.75) is 18.3 Å². The van der Waals surface area contributed by atoms with E-state index >= 15 is 0 Å². The Hall–Kier alpha value is -2.15. The summed E-state index contributed by atoms with van der Waals surface area (Å²) in [5, 5.41) is 1.77. The van der Waals surface area contributed by atoms with Crippen LogP contribution >= 0.6 is 11.8 Å². The molecule has 2 aliphatic rings. The minimum absolute atomic E-state index is 0.184. The molecule has 7 heteroatoms. The number of rotatable bonds is 2. The van der Waals surface area contributed by atoms with Crippen molar-refractivity contribution in [3.63, 3.8) is 0 Å². The first-order chi connectivity index (χ1) is 9.50. The Kier molecular flexibility index (Phi) is 2.86. The van der Waals surface area contributed by atoms with Gasteiger partial charge in [0.2, 0.25) is 5.91 Å². The van der Waals surface area contributed by atoms with Crippen molar-refractivity contribution in [2.75, 3.05) is 0 Å². The Morgan fingerprint density at radius 1 is 1.15 bits per heavy atom. The number of nitrogens with one attached hydrogen (secondary N) is 1. The largest absolute Gasteiger partial charge is 0.339 e. The van der Waals surface area contributed by atoms with Crippen molar-refractivity contribution in [1.82, 2.24) is 10.2 Å². The predicted octanol–water partition coefficient (Wildman–Crippen LogP) is 0.387. The molecule has 1 N–H and O–H groups in total. The lowest BCUT2D eigenvalue weighted by Gasteiger charge is -2.39. The van der Waals surface area contributed by atoms with Crippen molar-refractivity contribution >= 4 is 34.6 Å². The van der Waals surface area contributed by atoms with Crippen molar-refractivity contribution < 1.29 is 19.2 Å². The molecule has 2 unspecified atom stereocenters. The minimum atomic E-state index is -0.920. The van der Waals surface area contributed by atoms with E-state index in [2.05, 4.69) is 5.32 Å². The van der Waals surface area contributed by atoms with Crippen LogP contribution in [0.15, 0.2) is 24.3 Å². The van der Waals surface area contributed by atoms with Crippen LogP contribution in [0.3, 0.4) is 0 Å². The van der Waals surface area contributed by atoms with E-state index in [1.165, 1.54) is 6.92 Å². The van der Waals surface area contributed by atoms with Crippen LogP contribution in [0.1, 0.15) is 27.6 Å². The van der Waals surface area contributed by atoms with Crippen molar-refractivity contribution in [3.8, 4) is 0 Å². The summed E-state index contributed by atoms with van der Waals surface area (Å²) in [6.45, 7) is 1.37. The smallest absolute Gasteiger partial charge is 0.262 e. The summed E-state index contributed by atoms with van der Waals surface area (Å²) in [5.41, 5.74) is 0.590. The molecule has 0 aliphatic carbocycles. The van der Waals surface area contributed by atoms with Gasteiger partial charge in [-0.05, 0) is 12.1 Å². The maximum atomic E-state index is 12.2. The zero-order valence-corrected chi connectivity index (χ0v) is 11.3. The molecule has 3 rings (SSSR count). The lowest BCUT2D eigenvalue weighted by atomic mass is 10.1. The minimum Gasteiger partial charge on any atom is -0.339 e. The fourth-order valence-electron chi connectivity index (χ4n) is 2.33. The molecule has 1 fully saturated rings. The molecule has 0 saturated carbocycles. The van der Waals surface area contributed by atoms with E-state index in [0.717, 1.165) is 16.7 Å². The summed E-state index contributed by atoms with van der Waals surface area (Å²) < 4.78 is 0. The Labute approximate surface area is 118 Å². The molecule has 6 nitrogen and oxygen atoms in total. The average molecular weight is 290 g/mol. The molecule has 1 aromatic rings. The Morgan fingerprint density at radius 2 is 1.70 bits per heavy atom. The number of carbonyl (C=O) groups is 4. The van der Waals surface area contributed by atoms with Gasteiger partial charge in [0, 0.05) is 6.92 Å². The number of imide groups is 1. The summed E-state index contributed by atoms with van der Waals surface area (Å²) in [4.78, 5) is 48.2. The average Bonchev–Trinajstić information content (AvgIpc) is 2.64. The van der Waals surface area contributed by atoms with Crippen LogP contribution in [-0.2, 0) is 9.59 Å². The third kappa shape index (κ3) is 1.74. The molecule has 20 heavy (non-hydrogen) atoms. The van der Waals surface area contributed by atoms with Crippen LogP contribution in [0.25, 0.3) is 0 Å². The van der Waals surface area contributed by atoms with Gasteiger partial charge in [-0.2, -0.15) is 0 Å². The van der Waals surface area contributed by atoms with Crippen LogP contribution in [0.5, 0.6) is 0 Å². The number of hydrogen-bond acceptors (Lipinski definition) is 5. The lowest BCUT2D eigenvalue weighted by molar-refractivity contribution is -0.132. The van der Waals surface area contributed by atoms with E-state index in [9.17, 15) is 19.2 Å². The molecule has 102 valence electrons. The molecular weight excluding hydrogens is 280 g/mol. The fourth-order valence-corrected chi connectivity index (χ4v) is 3.24. The monoisotopic (exact) mass is 290 g/mol. The molecule has 0 radical (unpaired) electrons. The second-order valence-corrected chi connectivity index (χ2v) is 5.83. The first kappa shape index (κ1) is 12.9. The molecule has 2 aliphatic heterocycles. The molecule has 0 bridgehead atoms. The van der Waals surface area contributed by atoms with E-state index in [1.54, 1.807) is 24.3 Å². The van der Waals surface area contributed by atoms with E-state index in [1.807, 2.05) is 0 Å². The summed E-state index contributed by atoms with van der Waals surface area (Å²) >= 11 is 0.906. The third-order valence-electron chi connectivity index (χ3n) is 3.24. The van der Waals surface area contributed by atoms with E-state index < -0.39 is 29.1 Å². The summed E-state index contributed by atoms with van der Waals surface area (Å²) in [5.74, 6) is -1.39. The maximum Gasteiger partial charge on any atom is 0.262 e. The normalized spacial score (nSPS) is 24.2. The third-order valence-corrected chi connectivity index (χ3v) is 4.20. The molecule has 0 aromatic heterocycles. The van der Waals surface area contributed by atoms with Crippen LogP contribution in [0.4, 0.5) is 0 Å². The first-order valence-electron chi connectivity index (χ1n) is 5.95. The highest BCUT2D eigenvalue weighted by molar-refractivity contribution is 8.14. The predicted molar refractivity (Wildman–Crippen MR) is 70.9 cm³/mol. The van der Waals surface area contributed by atoms with E-state index in [-0.39, 0.29) is 5.12 Å². The van der Waals surface area contributed by atoms with Gasteiger partial charge < -0.3 is 5.32 Å². The second-order valence-electron chi connectivity index (χ2n) is 4.51. The van der Waals surface area contributed by atoms with Gasteiger partial charge in [0.05, 0.1) is 11.1 Å². The molecule has 3 amide bonds. The Bertz CT molecular complexity index is 623. The van der Waals surface area contributed by atoms with E-state index in [0.29, 0.717) is 11.1 Å². The number of thioether (sulfide) groups is 1. The molecule has 1 saturated heterocycles. The van der Waals surface area contributed by atoms with Crippen LogP contribution in [-0.4, -0.2) is 39.2 Å². The molecule has 0 spiro atoms. The topological polar surface area (TPSA) is 83.6 Å². The Balaban J connectivity index is 1.92. The number of β-lactam (4-membered cyclic amide) rings is 1.